The van der Waals surface area contributed by atoms with Gasteiger partial charge in [0, 0.05) is 11.5 Å². The Kier molecular flexibility index (Phi) is 2.16. The lowest BCUT2D eigenvalue weighted by molar-refractivity contribution is 0.467. The van der Waals surface area contributed by atoms with Gasteiger partial charge < -0.3 is 5.11 Å². The lowest BCUT2D eigenvalue weighted by atomic mass is 9.92. The van der Waals surface area contributed by atoms with Gasteiger partial charge in [-0.15, -0.1) is 0 Å². The SMILES string of the molecule is Cc1ccc(O)c(C2C=CC=C2)c1C. The number of aromatic hydroxyl groups is 1. The van der Waals surface area contributed by atoms with Gasteiger partial charge in [-0.1, -0.05) is 30.4 Å². The highest BCUT2D eigenvalue weighted by molar-refractivity contribution is 5.50. The van der Waals surface area contributed by atoms with Crippen LogP contribution in [0.1, 0.15) is 22.6 Å². The molecule has 0 saturated carbocycles. The Labute approximate surface area is 84.4 Å². The lowest BCUT2D eigenvalue weighted by Crippen LogP contribution is -1.96. The van der Waals surface area contributed by atoms with Crippen LogP contribution in [0, 0.1) is 13.8 Å². The van der Waals surface area contributed by atoms with Crippen molar-refractivity contribution in [3.05, 3.63) is 53.1 Å². The maximum atomic E-state index is 9.81. The standard InChI is InChI=1S/C13H14O/c1-9-7-8-12(14)13(10(9)2)11-5-3-4-6-11/h3-8,11,14H,1-2H3. The average molecular weight is 186 g/mol. The summed E-state index contributed by atoms with van der Waals surface area (Å²) in [6.07, 6.45) is 8.24. The smallest absolute Gasteiger partial charge is 0.119 e. The fourth-order valence-corrected chi connectivity index (χ4v) is 1.87. The zero-order valence-electron chi connectivity index (χ0n) is 8.49. The van der Waals surface area contributed by atoms with E-state index < -0.39 is 0 Å². The fourth-order valence-electron chi connectivity index (χ4n) is 1.87. The number of hydrogen-bond donors (Lipinski definition) is 1. The molecule has 0 bridgehead atoms. The highest BCUT2D eigenvalue weighted by Gasteiger charge is 2.15. The van der Waals surface area contributed by atoms with Crippen LogP contribution in [-0.4, -0.2) is 5.11 Å². The first-order valence-electron chi connectivity index (χ1n) is 4.84. The topological polar surface area (TPSA) is 20.2 Å². The number of rotatable bonds is 1. The molecule has 0 unspecified atom stereocenters. The molecule has 1 N–H and O–H groups in total. The van der Waals surface area contributed by atoms with Crippen LogP contribution in [0.15, 0.2) is 36.4 Å². The molecule has 0 aromatic heterocycles. The summed E-state index contributed by atoms with van der Waals surface area (Å²) in [5.41, 5.74) is 3.45. The lowest BCUT2D eigenvalue weighted by Gasteiger charge is -2.14. The second-order valence-electron chi connectivity index (χ2n) is 3.74. The highest BCUT2D eigenvalue weighted by Crippen LogP contribution is 2.34. The van der Waals surface area contributed by atoms with Gasteiger partial charge in [0.1, 0.15) is 5.75 Å². The number of phenols is 1. The zero-order chi connectivity index (χ0) is 10.1. The van der Waals surface area contributed by atoms with Gasteiger partial charge in [0.2, 0.25) is 0 Å². The molecule has 72 valence electrons. The van der Waals surface area contributed by atoms with E-state index >= 15 is 0 Å². The van der Waals surface area contributed by atoms with Crippen LogP contribution in [0.3, 0.4) is 0 Å². The van der Waals surface area contributed by atoms with Gasteiger partial charge in [-0.05, 0) is 31.0 Å². The Morgan fingerprint density at radius 1 is 1.07 bits per heavy atom. The summed E-state index contributed by atoms with van der Waals surface area (Å²) in [6.45, 7) is 4.13. The molecule has 0 heterocycles. The van der Waals surface area contributed by atoms with E-state index in [1.54, 1.807) is 6.07 Å². The summed E-state index contributed by atoms with van der Waals surface area (Å²) >= 11 is 0. The number of hydrogen-bond acceptors (Lipinski definition) is 1. The number of allylic oxidation sites excluding steroid dienone is 4. The summed E-state index contributed by atoms with van der Waals surface area (Å²) < 4.78 is 0. The van der Waals surface area contributed by atoms with Gasteiger partial charge in [0.15, 0.2) is 0 Å². The van der Waals surface area contributed by atoms with Crippen molar-refractivity contribution >= 4 is 0 Å². The van der Waals surface area contributed by atoms with E-state index in [2.05, 4.69) is 26.0 Å². The Balaban J connectivity index is 2.55. The minimum Gasteiger partial charge on any atom is -0.508 e. The molecule has 1 aliphatic carbocycles. The van der Waals surface area contributed by atoms with E-state index in [1.165, 1.54) is 11.1 Å². The summed E-state index contributed by atoms with van der Waals surface area (Å²) in [7, 11) is 0. The third-order valence-corrected chi connectivity index (χ3v) is 2.84. The molecule has 0 amide bonds. The molecular formula is C13H14O. The van der Waals surface area contributed by atoms with E-state index in [-0.39, 0.29) is 5.92 Å². The van der Waals surface area contributed by atoms with Crippen molar-refractivity contribution in [2.75, 3.05) is 0 Å². The molecule has 0 fully saturated rings. The number of aryl methyl sites for hydroxylation is 1. The predicted octanol–water partition coefficient (Wildman–Crippen LogP) is 3.22. The molecule has 1 aromatic carbocycles. The molecule has 1 nitrogen and oxygen atoms in total. The quantitative estimate of drug-likeness (QED) is 0.714. The van der Waals surface area contributed by atoms with Crippen LogP contribution >= 0.6 is 0 Å². The first-order valence-corrected chi connectivity index (χ1v) is 4.84. The Hall–Kier alpha value is -1.50. The molecule has 1 aliphatic rings. The summed E-state index contributed by atoms with van der Waals surface area (Å²) in [4.78, 5) is 0. The number of phenolic OH excluding ortho intramolecular Hbond substituents is 1. The molecule has 0 atom stereocenters. The molecule has 2 rings (SSSR count). The molecule has 0 aliphatic heterocycles. The molecule has 0 radical (unpaired) electrons. The van der Waals surface area contributed by atoms with Gasteiger partial charge in [0.05, 0.1) is 0 Å². The minimum atomic E-state index is 0.245. The predicted molar refractivity (Wildman–Crippen MR) is 58.6 cm³/mol. The number of benzene rings is 1. The zero-order valence-corrected chi connectivity index (χ0v) is 8.49. The van der Waals surface area contributed by atoms with E-state index in [0.29, 0.717) is 5.75 Å². The van der Waals surface area contributed by atoms with Crippen molar-refractivity contribution in [2.45, 2.75) is 19.8 Å². The van der Waals surface area contributed by atoms with Crippen molar-refractivity contribution in [1.82, 2.24) is 0 Å². The summed E-state index contributed by atoms with van der Waals surface area (Å²) in [5, 5.41) is 9.81. The summed E-state index contributed by atoms with van der Waals surface area (Å²) in [5.74, 6) is 0.643. The van der Waals surface area contributed by atoms with Crippen LogP contribution in [0.25, 0.3) is 0 Å². The average Bonchev–Trinajstić information content (AvgIpc) is 2.65. The van der Waals surface area contributed by atoms with E-state index in [1.807, 2.05) is 18.2 Å². The largest absolute Gasteiger partial charge is 0.508 e. The van der Waals surface area contributed by atoms with Crippen molar-refractivity contribution in [3.8, 4) is 5.75 Å². The highest BCUT2D eigenvalue weighted by atomic mass is 16.3. The van der Waals surface area contributed by atoms with Gasteiger partial charge in [-0.25, -0.2) is 0 Å². The Morgan fingerprint density at radius 3 is 2.36 bits per heavy atom. The van der Waals surface area contributed by atoms with E-state index in [9.17, 15) is 5.11 Å². The maximum absolute atomic E-state index is 9.81. The molecule has 14 heavy (non-hydrogen) atoms. The summed E-state index contributed by atoms with van der Waals surface area (Å²) in [6, 6.07) is 3.73. The monoisotopic (exact) mass is 186 g/mol. The maximum Gasteiger partial charge on any atom is 0.119 e. The molecular weight excluding hydrogens is 172 g/mol. The third-order valence-electron chi connectivity index (χ3n) is 2.84. The second-order valence-corrected chi connectivity index (χ2v) is 3.74. The van der Waals surface area contributed by atoms with Gasteiger partial charge in [-0.2, -0.15) is 0 Å². The van der Waals surface area contributed by atoms with Gasteiger partial charge in [-0.3, -0.25) is 0 Å². The van der Waals surface area contributed by atoms with Crippen LogP contribution in [-0.2, 0) is 0 Å². The van der Waals surface area contributed by atoms with E-state index in [4.69, 9.17) is 0 Å². The third kappa shape index (κ3) is 1.35. The van der Waals surface area contributed by atoms with Crippen LogP contribution in [0.4, 0.5) is 0 Å². The Morgan fingerprint density at radius 2 is 1.71 bits per heavy atom. The van der Waals surface area contributed by atoms with Crippen molar-refractivity contribution in [2.24, 2.45) is 0 Å². The minimum absolute atomic E-state index is 0.245. The van der Waals surface area contributed by atoms with Gasteiger partial charge in [0.25, 0.3) is 0 Å². The first-order chi connectivity index (χ1) is 6.70. The second kappa shape index (κ2) is 3.33. The molecule has 0 spiro atoms. The van der Waals surface area contributed by atoms with Crippen LogP contribution < -0.4 is 0 Å². The van der Waals surface area contributed by atoms with Gasteiger partial charge >= 0.3 is 0 Å². The normalized spacial score (nSPS) is 15.3. The van der Waals surface area contributed by atoms with E-state index in [0.717, 1.165) is 5.56 Å². The fraction of sp³-hybridized carbons (Fsp3) is 0.231. The van der Waals surface area contributed by atoms with Crippen LogP contribution in [0.5, 0.6) is 5.75 Å². The van der Waals surface area contributed by atoms with Crippen LogP contribution in [0.2, 0.25) is 0 Å². The van der Waals surface area contributed by atoms with Crippen molar-refractivity contribution < 1.29 is 5.11 Å². The molecule has 1 aromatic rings. The molecule has 1 heteroatoms. The first kappa shape index (κ1) is 9.07. The Bertz CT molecular complexity index is 401. The van der Waals surface area contributed by atoms with Crippen molar-refractivity contribution in [3.63, 3.8) is 0 Å². The molecule has 0 saturated heterocycles. The van der Waals surface area contributed by atoms with Crippen molar-refractivity contribution in [1.29, 1.82) is 0 Å².